The Bertz CT molecular complexity index is 1190. The zero-order valence-electron chi connectivity index (χ0n) is 38.1. The summed E-state index contributed by atoms with van der Waals surface area (Å²) in [6, 6.07) is 0. The summed E-state index contributed by atoms with van der Waals surface area (Å²) in [7, 11) is 0. The summed E-state index contributed by atoms with van der Waals surface area (Å²) in [4.78, 5) is 0. The Labute approximate surface area is 363 Å². The van der Waals surface area contributed by atoms with Crippen LogP contribution in [0.2, 0.25) is 0 Å². The lowest BCUT2D eigenvalue weighted by atomic mass is 9.69. The van der Waals surface area contributed by atoms with Crippen LogP contribution in [0.5, 0.6) is 0 Å². The maximum absolute atomic E-state index is 4.76. The van der Waals surface area contributed by atoms with Gasteiger partial charge < -0.3 is 0 Å². The molecule has 0 spiro atoms. The number of rotatable bonds is 6. The van der Waals surface area contributed by atoms with E-state index in [1.54, 1.807) is 33.4 Å². The van der Waals surface area contributed by atoms with Gasteiger partial charge in [-0.05, 0) is 221 Å². The van der Waals surface area contributed by atoms with Gasteiger partial charge in [0.25, 0.3) is 0 Å². The van der Waals surface area contributed by atoms with Gasteiger partial charge in [0.05, 0.1) is 5.34 Å². The molecule has 8 rings (SSSR count). The number of hydrogen-bond donors (Lipinski definition) is 0. The van der Waals surface area contributed by atoms with Gasteiger partial charge in [-0.2, -0.15) is 0 Å². The second-order valence-corrected chi connectivity index (χ2v) is 21.2. The molecule has 6 fully saturated rings. The largest absolute Gasteiger partial charge is 0.109 e. The van der Waals surface area contributed by atoms with Crippen LogP contribution in [0, 0.1) is 41.5 Å². The molecule has 0 N–H and O–H groups in total. The third-order valence-corrected chi connectivity index (χ3v) is 16.9. The Morgan fingerprint density at radius 3 is 0.456 bits per heavy atom. The molecule has 0 amide bonds. The Kier molecular flexibility index (Phi) is 18.2. The Morgan fingerprint density at radius 2 is 0.351 bits per heavy atom. The van der Waals surface area contributed by atoms with Crippen molar-refractivity contribution in [2.75, 3.05) is 5.34 Å². The van der Waals surface area contributed by atoms with E-state index in [4.69, 9.17) is 23.2 Å². The number of benzene rings is 2. The lowest BCUT2D eigenvalue weighted by Gasteiger charge is -2.36. The lowest BCUT2D eigenvalue weighted by molar-refractivity contribution is 0.421. The number of alkyl halides is 2. The molecule has 0 heterocycles. The predicted molar refractivity (Wildman–Crippen MR) is 253 cm³/mol. The summed E-state index contributed by atoms with van der Waals surface area (Å²) >= 11 is 9.53. The van der Waals surface area contributed by atoms with Crippen molar-refractivity contribution in [3.63, 3.8) is 0 Å². The van der Waals surface area contributed by atoms with Crippen LogP contribution in [0.3, 0.4) is 0 Å². The minimum Gasteiger partial charge on any atom is -0.109 e. The average Bonchev–Trinajstić information content (AvgIpc) is 3.24. The van der Waals surface area contributed by atoms with Crippen LogP contribution in [0.25, 0.3) is 0 Å². The minimum atomic E-state index is 0.194. The van der Waals surface area contributed by atoms with E-state index in [0.29, 0.717) is 0 Å². The predicted octanol–water partition coefficient (Wildman–Crippen LogP) is 18.9. The summed E-state index contributed by atoms with van der Waals surface area (Å²) in [6.07, 6.45) is 43.5. The molecule has 2 aromatic rings. The topological polar surface area (TPSA) is 0 Å². The summed E-state index contributed by atoms with van der Waals surface area (Å²) < 4.78 is 0. The fourth-order valence-corrected chi connectivity index (χ4v) is 14.6. The smallest absolute Gasteiger partial charge is 0.0967 e. The van der Waals surface area contributed by atoms with E-state index in [2.05, 4.69) is 41.5 Å². The van der Waals surface area contributed by atoms with Crippen LogP contribution in [0.1, 0.15) is 295 Å². The van der Waals surface area contributed by atoms with Crippen LogP contribution < -0.4 is 0 Å². The van der Waals surface area contributed by atoms with E-state index >= 15 is 0 Å². The standard InChI is InChI=1S/2C27H42.CH2Cl2/c2*1-19-25(22-13-7-4-8-14-22)20(2)27(24-17-11-6-12-18-24)21(3)26(19)23-15-9-5-10-16-23;2-1-3/h2*22-24H,4-18H2,1-3H3;1H2. The fourth-order valence-electron chi connectivity index (χ4n) is 14.6. The summed E-state index contributed by atoms with van der Waals surface area (Å²) in [5.74, 6) is 5.11. The number of hydrogen-bond acceptors (Lipinski definition) is 0. The van der Waals surface area contributed by atoms with E-state index in [-0.39, 0.29) is 5.34 Å². The van der Waals surface area contributed by atoms with Crippen molar-refractivity contribution in [2.45, 2.75) is 270 Å². The van der Waals surface area contributed by atoms with Crippen LogP contribution in [-0.4, -0.2) is 5.34 Å². The van der Waals surface area contributed by atoms with Crippen molar-refractivity contribution in [3.05, 3.63) is 66.8 Å². The van der Waals surface area contributed by atoms with E-state index < -0.39 is 0 Å². The Balaban J connectivity index is 0.000000180. The highest BCUT2D eigenvalue weighted by Gasteiger charge is 2.33. The van der Waals surface area contributed by atoms with E-state index in [1.807, 2.05) is 33.4 Å². The van der Waals surface area contributed by atoms with Crippen LogP contribution in [0.15, 0.2) is 0 Å². The molecule has 0 saturated heterocycles. The molecule has 2 heteroatoms. The van der Waals surface area contributed by atoms with Crippen molar-refractivity contribution >= 4 is 23.2 Å². The zero-order valence-corrected chi connectivity index (χ0v) is 39.7. The van der Waals surface area contributed by atoms with Gasteiger partial charge in [-0.3, -0.25) is 0 Å². The zero-order chi connectivity index (χ0) is 40.3. The molecule has 320 valence electrons. The van der Waals surface area contributed by atoms with E-state index in [1.165, 1.54) is 193 Å². The van der Waals surface area contributed by atoms with E-state index in [0.717, 1.165) is 35.5 Å². The quantitative estimate of drug-likeness (QED) is 0.255. The van der Waals surface area contributed by atoms with Gasteiger partial charge in [0, 0.05) is 0 Å². The molecule has 2 aromatic carbocycles. The summed E-state index contributed by atoms with van der Waals surface area (Å²) in [5.41, 5.74) is 21.3. The van der Waals surface area contributed by atoms with Gasteiger partial charge in [0.1, 0.15) is 0 Å². The molecule has 0 atom stereocenters. The van der Waals surface area contributed by atoms with Crippen molar-refractivity contribution in [3.8, 4) is 0 Å². The first-order chi connectivity index (χ1) is 27.8. The Hall–Kier alpha value is -0.980. The molecule has 6 saturated carbocycles. The monoisotopic (exact) mass is 817 g/mol. The van der Waals surface area contributed by atoms with Gasteiger partial charge in [0.2, 0.25) is 0 Å². The molecule has 0 radical (unpaired) electrons. The molecular weight excluding hydrogens is 732 g/mol. The second kappa shape index (κ2) is 22.7. The van der Waals surface area contributed by atoms with Crippen molar-refractivity contribution in [1.29, 1.82) is 0 Å². The molecule has 0 unspecified atom stereocenters. The van der Waals surface area contributed by atoms with Gasteiger partial charge in [-0.15, -0.1) is 23.2 Å². The second-order valence-electron chi connectivity index (χ2n) is 20.3. The highest BCUT2D eigenvalue weighted by molar-refractivity contribution is 6.40. The maximum atomic E-state index is 4.76. The lowest BCUT2D eigenvalue weighted by Crippen LogP contribution is -2.19. The first-order valence-electron chi connectivity index (χ1n) is 25.2. The van der Waals surface area contributed by atoms with Crippen molar-refractivity contribution < 1.29 is 0 Å². The molecular formula is C55H86Cl2. The molecule has 0 bridgehead atoms. The average molecular weight is 818 g/mol. The van der Waals surface area contributed by atoms with Gasteiger partial charge >= 0.3 is 0 Å². The Morgan fingerprint density at radius 1 is 0.246 bits per heavy atom. The van der Waals surface area contributed by atoms with Crippen molar-refractivity contribution in [1.82, 2.24) is 0 Å². The molecule has 0 aliphatic heterocycles. The van der Waals surface area contributed by atoms with Crippen LogP contribution in [-0.2, 0) is 0 Å². The van der Waals surface area contributed by atoms with Crippen LogP contribution >= 0.6 is 23.2 Å². The highest BCUT2D eigenvalue weighted by Crippen LogP contribution is 2.50. The van der Waals surface area contributed by atoms with Crippen LogP contribution in [0.4, 0.5) is 0 Å². The molecule has 0 aromatic heterocycles. The SMILES string of the molecule is Cc1c(C2CCCCC2)c(C)c(C2CCCCC2)c(C)c1C1CCCCC1.Cc1c(C2CCCCC2)c(C)c(C2CCCCC2)c(C)c1C1CCCCC1.ClCCl. The first kappa shape index (κ1) is 45.5. The third-order valence-electron chi connectivity index (χ3n) is 16.9. The summed E-state index contributed by atoms with van der Waals surface area (Å²) in [5, 5.41) is 0.194. The van der Waals surface area contributed by atoms with Gasteiger partial charge in [0.15, 0.2) is 0 Å². The normalized spacial score (nSPS) is 22.7. The van der Waals surface area contributed by atoms with E-state index in [9.17, 15) is 0 Å². The van der Waals surface area contributed by atoms with Gasteiger partial charge in [-0.25, -0.2) is 0 Å². The minimum absolute atomic E-state index is 0.194. The first-order valence-corrected chi connectivity index (χ1v) is 26.2. The summed E-state index contributed by atoms with van der Waals surface area (Å²) in [6.45, 7) is 15.1. The molecule has 0 nitrogen and oxygen atoms in total. The molecule has 6 aliphatic carbocycles. The maximum Gasteiger partial charge on any atom is 0.0967 e. The number of halogens is 2. The highest BCUT2D eigenvalue weighted by atomic mass is 35.5. The molecule has 6 aliphatic rings. The third kappa shape index (κ3) is 10.9. The van der Waals surface area contributed by atoms with Gasteiger partial charge in [-0.1, -0.05) is 116 Å². The molecule has 57 heavy (non-hydrogen) atoms. The fraction of sp³-hybridized carbons (Fsp3) is 0.782. The van der Waals surface area contributed by atoms with Crippen molar-refractivity contribution in [2.24, 2.45) is 0 Å².